The van der Waals surface area contributed by atoms with Gasteiger partial charge in [0.25, 0.3) is 0 Å². The van der Waals surface area contributed by atoms with Crippen LogP contribution < -0.4 is 4.74 Å². The molecule has 0 aromatic heterocycles. The molecule has 1 amide bonds. The molecule has 1 heterocycles. The second kappa shape index (κ2) is 11.1. The largest absolute Gasteiger partial charge is 0.496 e. The highest BCUT2D eigenvalue weighted by atomic mass is 19.4. The lowest BCUT2D eigenvalue weighted by Gasteiger charge is -2.36. The summed E-state index contributed by atoms with van der Waals surface area (Å²) in [7, 11) is 1.63. The van der Waals surface area contributed by atoms with Crippen LogP contribution in [-0.2, 0) is 17.3 Å². The normalized spacial score (nSPS) is 21.1. The number of cyclic esters (lactones) is 1. The van der Waals surface area contributed by atoms with E-state index < -0.39 is 35.4 Å². The molecule has 1 fully saturated rings. The summed E-state index contributed by atoms with van der Waals surface area (Å²) in [5.74, 6) is 0.727. The molecule has 4 rings (SSSR count). The number of halogens is 3. The summed E-state index contributed by atoms with van der Waals surface area (Å²) in [6, 6.07) is 11.7. The van der Waals surface area contributed by atoms with Gasteiger partial charge in [-0.1, -0.05) is 31.5 Å². The van der Waals surface area contributed by atoms with Crippen molar-refractivity contribution in [1.82, 2.24) is 4.90 Å². The number of hydrogen-bond acceptors (Lipinski definition) is 4. The molecular formula is C33H39F3N2O3. The fourth-order valence-electron chi connectivity index (χ4n) is 6.05. The fourth-order valence-corrected chi connectivity index (χ4v) is 6.05. The molecule has 2 aromatic rings. The van der Waals surface area contributed by atoms with E-state index in [-0.39, 0.29) is 5.41 Å². The second-order valence-corrected chi connectivity index (χ2v) is 12.9. The number of benzene rings is 2. The molecule has 5 nitrogen and oxygen atoms in total. The predicted octanol–water partition coefficient (Wildman–Crippen LogP) is 8.66. The molecule has 2 atom stereocenters. The van der Waals surface area contributed by atoms with E-state index in [0.29, 0.717) is 24.1 Å². The summed E-state index contributed by atoms with van der Waals surface area (Å²) >= 11 is 0. The average molecular weight is 569 g/mol. The Labute approximate surface area is 240 Å². The van der Waals surface area contributed by atoms with Crippen LogP contribution in [0.4, 0.5) is 18.0 Å². The number of alkyl halides is 3. The second-order valence-electron chi connectivity index (χ2n) is 12.9. The number of hydrogen-bond donors (Lipinski definition) is 0. The van der Waals surface area contributed by atoms with Crippen molar-refractivity contribution in [2.45, 2.75) is 85.5 Å². The zero-order valence-electron chi connectivity index (χ0n) is 24.9. The van der Waals surface area contributed by atoms with Gasteiger partial charge in [-0.15, -0.1) is 0 Å². The van der Waals surface area contributed by atoms with Crippen LogP contribution in [0.2, 0.25) is 0 Å². The van der Waals surface area contributed by atoms with E-state index in [2.05, 4.69) is 26.0 Å². The molecule has 220 valence electrons. The number of allylic oxidation sites excluding steroid dienone is 1. The Morgan fingerprint density at radius 1 is 1.17 bits per heavy atom. The number of nitriles is 1. The number of rotatable bonds is 7. The first-order chi connectivity index (χ1) is 19.0. The maximum Gasteiger partial charge on any atom is 0.416 e. The van der Waals surface area contributed by atoms with Gasteiger partial charge in [0.05, 0.1) is 30.2 Å². The Balaban J connectivity index is 1.72. The summed E-state index contributed by atoms with van der Waals surface area (Å²) in [6.45, 7) is 12.0. The van der Waals surface area contributed by atoms with Gasteiger partial charge in [0.1, 0.15) is 11.9 Å². The zero-order chi connectivity index (χ0) is 30.3. The van der Waals surface area contributed by atoms with Crippen molar-refractivity contribution in [3.05, 3.63) is 69.8 Å². The molecule has 1 aliphatic carbocycles. The topological polar surface area (TPSA) is 62.6 Å². The van der Waals surface area contributed by atoms with E-state index in [1.807, 2.05) is 32.9 Å². The van der Waals surface area contributed by atoms with Crippen molar-refractivity contribution in [2.24, 2.45) is 10.8 Å². The lowest BCUT2D eigenvalue weighted by molar-refractivity contribution is -0.137. The van der Waals surface area contributed by atoms with Gasteiger partial charge in [0.2, 0.25) is 0 Å². The molecule has 0 radical (unpaired) electrons. The van der Waals surface area contributed by atoms with Gasteiger partial charge in [0, 0.05) is 12.1 Å². The SMILES string of the molecule is COc1ccc(CC(C)(C)C#N)cc1C1=C(CN2C(=O)O[C@H](c3cc(C)cc(C(F)(F)F)c3)[C@@H]2C)CC(C)(C)CC1. The minimum absolute atomic E-state index is 0.0108. The molecule has 2 aliphatic rings. The average Bonchev–Trinajstić information content (AvgIpc) is 3.15. The van der Waals surface area contributed by atoms with Crippen LogP contribution in [-0.4, -0.2) is 30.7 Å². The molecule has 8 heteroatoms. The van der Waals surface area contributed by atoms with Crippen molar-refractivity contribution >= 4 is 11.7 Å². The standard InChI is InChI=1S/C33H39F3N2O3/c1-20-12-23(15-25(13-20)33(34,35)36)29-21(2)38(30(39)41-29)18-24-17-31(3,4)11-10-26(24)27-14-22(8-9-28(27)40-7)16-32(5,6)19-37/h8-9,12-15,21,29H,10-11,16-18H2,1-7H3/t21-,29-/m0/s1. The van der Waals surface area contributed by atoms with E-state index in [1.165, 1.54) is 0 Å². The third-order valence-corrected chi connectivity index (χ3v) is 8.22. The molecular weight excluding hydrogens is 529 g/mol. The van der Waals surface area contributed by atoms with Crippen LogP contribution in [0.1, 0.15) is 87.8 Å². The molecule has 0 spiro atoms. The van der Waals surface area contributed by atoms with Crippen LogP contribution in [0.15, 0.2) is 42.0 Å². The number of carbonyl (C=O) groups is 1. The maximum absolute atomic E-state index is 13.5. The van der Waals surface area contributed by atoms with Crippen molar-refractivity contribution in [1.29, 1.82) is 5.26 Å². The number of methoxy groups -OCH3 is 1. The molecule has 41 heavy (non-hydrogen) atoms. The highest BCUT2D eigenvalue weighted by molar-refractivity contribution is 5.77. The predicted molar refractivity (Wildman–Crippen MR) is 152 cm³/mol. The van der Waals surface area contributed by atoms with Crippen LogP contribution in [0.5, 0.6) is 5.75 Å². The van der Waals surface area contributed by atoms with Gasteiger partial charge in [-0.3, -0.25) is 4.90 Å². The Morgan fingerprint density at radius 3 is 2.51 bits per heavy atom. The van der Waals surface area contributed by atoms with Crippen molar-refractivity contribution in [3.8, 4) is 11.8 Å². The minimum Gasteiger partial charge on any atom is -0.496 e. The highest BCUT2D eigenvalue weighted by Gasteiger charge is 2.42. The molecule has 0 unspecified atom stereocenters. The monoisotopic (exact) mass is 568 g/mol. The first kappa shape index (κ1) is 30.5. The van der Waals surface area contributed by atoms with E-state index in [9.17, 15) is 23.2 Å². The van der Waals surface area contributed by atoms with Crippen molar-refractivity contribution in [2.75, 3.05) is 13.7 Å². The number of carbonyl (C=O) groups excluding carboxylic acids is 1. The summed E-state index contributed by atoms with van der Waals surface area (Å²) < 4.78 is 52.0. The number of ether oxygens (including phenoxy) is 2. The van der Waals surface area contributed by atoms with Gasteiger partial charge >= 0.3 is 12.3 Å². The van der Waals surface area contributed by atoms with E-state index in [0.717, 1.165) is 59.4 Å². The third-order valence-electron chi connectivity index (χ3n) is 8.22. The Morgan fingerprint density at radius 2 is 1.88 bits per heavy atom. The van der Waals surface area contributed by atoms with E-state index in [1.54, 1.807) is 25.0 Å². The van der Waals surface area contributed by atoms with Crippen LogP contribution in [0.25, 0.3) is 5.57 Å². The Bertz CT molecular complexity index is 1400. The smallest absolute Gasteiger partial charge is 0.416 e. The lowest BCUT2D eigenvalue weighted by atomic mass is 9.72. The summed E-state index contributed by atoms with van der Waals surface area (Å²) in [6.07, 6.45) is -2.76. The quantitative estimate of drug-likeness (QED) is 0.335. The number of amides is 1. The van der Waals surface area contributed by atoms with Crippen molar-refractivity contribution < 1.29 is 27.4 Å². The van der Waals surface area contributed by atoms with Gasteiger partial charge in [-0.05, 0) is 105 Å². The molecule has 1 aliphatic heterocycles. The molecule has 0 saturated carbocycles. The molecule has 0 N–H and O–H groups in total. The van der Waals surface area contributed by atoms with E-state index >= 15 is 0 Å². The molecule has 1 saturated heterocycles. The molecule has 0 bridgehead atoms. The van der Waals surface area contributed by atoms with Gasteiger partial charge in [-0.25, -0.2) is 4.79 Å². The highest BCUT2D eigenvalue weighted by Crippen LogP contribution is 2.46. The van der Waals surface area contributed by atoms with Crippen LogP contribution in [0.3, 0.4) is 0 Å². The Kier molecular flexibility index (Phi) is 8.23. The Hall–Kier alpha value is -3.47. The first-order valence-corrected chi connectivity index (χ1v) is 14.0. The molecule has 2 aromatic carbocycles. The summed E-state index contributed by atoms with van der Waals surface area (Å²) in [5.41, 5.74) is 3.71. The van der Waals surface area contributed by atoms with Gasteiger partial charge < -0.3 is 9.47 Å². The number of nitrogens with zero attached hydrogens (tertiary/aromatic N) is 2. The fraction of sp³-hybridized carbons (Fsp3) is 0.515. The van der Waals surface area contributed by atoms with Crippen molar-refractivity contribution in [3.63, 3.8) is 0 Å². The van der Waals surface area contributed by atoms with E-state index in [4.69, 9.17) is 9.47 Å². The lowest BCUT2D eigenvalue weighted by Crippen LogP contribution is -2.35. The minimum atomic E-state index is -4.49. The van der Waals surface area contributed by atoms with Crippen LogP contribution in [0, 0.1) is 29.1 Å². The summed E-state index contributed by atoms with van der Waals surface area (Å²) in [5, 5.41) is 9.57. The van der Waals surface area contributed by atoms with Gasteiger partial charge in [0.15, 0.2) is 0 Å². The zero-order valence-corrected chi connectivity index (χ0v) is 24.9. The maximum atomic E-state index is 13.5. The third kappa shape index (κ3) is 6.72. The van der Waals surface area contributed by atoms with Crippen LogP contribution >= 0.6 is 0 Å². The number of aryl methyl sites for hydroxylation is 1. The van der Waals surface area contributed by atoms with Gasteiger partial charge in [-0.2, -0.15) is 18.4 Å². The summed E-state index contributed by atoms with van der Waals surface area (Å²) in [4.78, 5) is 14.8. The first-order valence-electron chi connectivity index (χ1n) is 14.0.